The summed E-state index contributed by atoms with van der Waals surface area (Å²) in [5.41, 5.74) is 2.72. The van der Waals surface area contributed by atoms with Crippen molar-refractivity contribution < 1.29 is 9.53 Å². The Morgan fingerprint density at radius 3 is 2.19 bits per heavy atom. The van der Waals surface area contributed by atoms with Crippen molar-refractivity contribution in [1.82, 2.24) is 0 Å². The Kier molecular flexibility index (Phi) is 6.16. The van der Waals surface area contributed by atoms with Gasteiger partial charge in [-0.15, -0.1) is 0 Å². The zero-order valence-corrected chi connectivity index (χ0v) is 14.4. The highest BCUT2D eigenvalue weighted by Crippen LogP contribution is 2.20. The third-order valence-corrected chi connectivity index (χ3v) is 3.84. The third-order valence-electron chi connectivity index (χ3n) is 3.84. The number of hydrogen-bond donors (Lipinski definition) is 0. The van der Waals surface area contributed by atoms with Crippen molar-refractivity contribution >= 4 is 11.9 Å². The molecule has 0 saturated carbocycles. The van der Waals surface area contributed by atoms with Gasteiger partial charge < -0.3 is 4.74 Å². The molecule has 0 aromatic heterocycles. The van der Waals surface area contributed by atoms with Gasteiger partial charge in [0.25, 0.3) is 0 Å². The number of para-hydroxylation sites is 1. The molecule has 128 valence electrons. The summed E-state index contributed by atoms with van der Waals surface area (Å²) in [6, 6.07) is 27.2. The molecule has 0 fully saturated rings. The third kappa shape index (κ3) is 5.05. The minimum Gasteiger partial charge on any atom is -0.488 e. The number of rotatable bonds is 7. The van der Waals surface area contributed by atoms with Crippen LogP contribution in [0, 0.1) is 0 Å². The van der Waals surface area contributed by atoms with E-state index < -0.39 is 0 Å². The van der Waals surface area contributed by atoms with Crippen LogP contribution >= 0.6 is 0 Å². The fourth-order valence-corrected chi connectivity index (χ4v) is 2.49. The highest BCUT2D eigenvalue weighted by molar-refractivity contribution is 6.06. The second-order valence-electron chi connectivity index (χ2n) is 5.76. The molecular weight excluding hydrogens is 320 g/mol. The SMILES string of the molecule is O=C(/C=C/C=C/c1ccccc1)c1ccccc1OCc1ccccc1. The van der Waals surface area contributed by atoms with E-state index >= 15 is 0 Å². The topological polar surface area (TPSA) is 26.3 Å². The lowest BCUT2D eigenvalue weighted by Gasteiger charge is -2.09. The van der Waals surface area contributed by atoms with Crippen molar-refractivity contribution in [2.45, 2.75) is 6.61 Å². The highest BCUT2D eigenvalue weighted by Gasteiger charge is 2.09. The fraction of sp³-hybridized carbons (Fsp3) is 0.0417. The van der Waals surface area contributed by atoms with Crippen LogP contribution in [0.3, 0.4) is 0 Å². The Balaban J connectivity index is 1.65. The molecule has 0 aliphatic rings. The van der Waals surface area contributed by atoms with E-state index in [0.717, 1.165) is 11.1 Å². The summed E-state index contributed by atoms with van der Waals surface area (Å²) >= 11 is 0. The van der Waals surface area contributed by atoms with Crippen molar-refractivity contribution in [3.63, 3.8) is 0 Å². The Hall–Kier alpha value is -3.39. The van der Waals surface area contributed by atoms with Gasteiger partial charge >= 0.3 is 0 Å². The standard InChI is InChI=1S/C24H20O2/c25-23(17-9-7-13-20-11-3-1-4-12-20)22-16-8-10-18-24(22)26-19-21-14-5-2-6-15-21/h1-18H,19H2/b13-7+,17-9+. The van der Waals surface area contributed by atoms with Crippen LogP contribution in [0.1, 0.15) is 21.5 Å². The molecule has 0 spiro atoms. The van der Waals surface area contributed by atoms with Gasteiger partial charge in [-0.2, -0.15) is 0 Å². The summed E-state index contributed by atoms with van der Waals surface area (Å²) in [5, 5.41) is 0. The molecule has 0 N–H and O–H groups in total. The summed E-state index contributed by atoms with van der Waals surface area (Å²) in [7, 11) is 0. The molecule has 0 saturated heterocycles. The van der Waals surface area contributed by atoms with Crippen LogP contribution in [-0.2, 0) is 6.61 Å². The summed E-state index contributed by atoms with van der Waals surface area (Å²) in [6.07, 6.45) is 7.13. The van der Waals surface area contributed by atoms with Gasteiger partial charge in [-0.1, -0.05) is 91.0 Å². The number of allylic oxidation sites excluding steroid dienone is 3. The zero-order chi connectivity index (χ0) is 18.0. The van der Waals surface area contributed by atoms with E-state index in [4.69, 9.17) is 4.74 Å². The molecule has 2 nitrogen and oxygen atoms in total. The predicted octanol–water partition coefficient (Wildman–Crippen LogP) is 5.72. The maximum atomic E-state index is 12.5. The van der Waals surface area contributed by atoms with Crippen LogP contribution in [0.4, 0.5) is 0 Å². The highest BCUT2D eigenvalue weighted by atomic mass is 16.5. The first-order valence-corrected chi connectivity index (χ1v) is 8.53. The maximum absolute atomic E-state index is 12.5. The Bertz CT molecular complexity index is 894. The number of carbonyl (C=O) groups excluding carboxylic acids is 1. The van der Waals surface area contributed by atoms with Gasteiger partial charge in [0.15, 0.2) is 5.78 Å². The van der Waals surface area contributed by atoms with Gasteiger partial charge in [-0.05, 0) is 29.3 Å². The quantitative estimate of drug-likeness (QED) is 0.312. The summed E-state index contributed by atoms with van der Waals surface area (Å²) in [4.78, 5) is 12.5. The first-order valence-electron chi connectivity index (χ1n) is 8.53. The van der Waals surface area contributed by atoms with E-state index in [1.54, 1.807) is 18.2 Å². The smallest absolute Gasteiger partial charge is 0.189 e. The molecule has 0 heterocycles. The van der Waals surface area contributed by atoms with Crippen LogP contribution in [0.2, 0.25) is 0 Å². The number of ether oxygens (including phenoxy) is 1. The van der Waals surface area contributed by atoms with Crippen LogP contribution in [0.15, 0.2) is 103 Å². The second-order valence-corrected chi connectivity index (χ2v) is 5.76. The second kappa shape index (κ2) is 9.19. The van der Waals surface area contributed by atoms with E-state index in [9.17, 15) is 4.79 Å². The lowest BCUT2D eigenvalue weighted by molar-refractivity contribution is 0.104. The van der Waals surface area contributed by atoms with Crippen LogP contribution in [0.25, 0.3) is 6.08 Å². The van der Waals surface area contributed by atoms with E-state index in [-0.39, 0.29) is 5.78 Å². The molecule has 0 bridgehead atoms. The lowest BCUT2D eigenvalue weighted by Crippen LogP contribution is -2.02. The molecule has 0 aliphatic carbocycles. The molecule has 2 heteroatoms. The van der Waals surface area contributed by atoms with Gasteiger partial charge in [0.2, 0.25) is 0 Å². The molecule has 0 atom stereocenters. The summed E-state index contributed by atoms with van der Waals surface area (Å²) < 4.78 is 5.85. The maximum Gasteiger partial charge on any atom is 0.189 e. The predicted molar refractivity (Wildman–Crippen MR) is 106 cm³/mol. The number of hydrogen-bond acceptors (Lipinski definition) is 2. The van der Waals surface area contributed by atoms with E-state index in [2.05, 4.69) is 0 Å². The number of benzene rings is 3. The molecule has 3 rings (SSSR count). The average molecular weight is 340 g/mol. The van der Waals surface area contributed by atoms with Crippen molar-refractivity contribution in [3.05, 3.63) is 120 Å². The molecule has 26 heavy (non-hydrogen) atoms. The molecule has 3 aromatic carbocycles. The monoisotopic (exact) mass is 340 g/mol. The van der Waals surface area contributed by atoms with Gasteiger partial charge in [0.05, 0.1) is 5.56 Å². The minimum absolute atomic E-state index is 0.0774. The van der Waals surface area contributed by atoms with Crippen LogP contribution in [0.5, 0.6) is 5.75 Å². The first kappa shape index (κ1) is 17.4. The van der Waals surface area contributed by atoms with E-state index in [1.165, 1.54) is 0 Å². The summed E-state index contributed by atoms with van der Waals surface area (Å²) in [6.45, 7) is 0.433. The molecule has 0 aliphatic heterocycles. The molecule has 3 aromatic rings. The number of ketones is 1. The zero-order valence-electron chi connectivity index (χ0n) is 14.4. The average Bonchev–Trinajstić information content (AvgIpc) is 2.71. The largest absolute Gasteiger partial charge is 0.488 e. The van der Waals surface area contributed by atoms with Crippen LogP contribution < -0.4 is 4.74 Å². The van der Waals surface area contributed by atoms with Gasteiger partial charge in [-0.3, -0.25) is 4.79 Å². The van der Waals surface area contributed by atoms with Crippen molar-refractivity contribution in [1.29, 1.82) is 0 Å². The van der Waals surface area contributed by atoms with Crippen molar-refractivity contribution in [2.75, 3.05) is 0 Å². The molecule has 0 unspecified atom stereocenters. The van der Waals surface area contributed by atoms with Crippen molar-refractivity contribution in [3.8, 4) is 5.75 Å². The lowest BCUT2D eigenvalue weighted by atomic mass is 10.1. The normalized spacial score (nSPS) is 11.1. The molecule has 0 radical (unpaired) electrons. The Morgan fingerprint density at radius 1 is 0.769 bits per heavy atom. The van der Waals surface area contributed by atoms with Crippen LogP contribution in [-0.4, -0.2) is 5.78 Å². The van der Waals surface area contributed by atoms with E-state index in [1.807, 2.05) is 91.0 Å². The van der Waals surface area contributed by atoms with Gasteiger partial charge in [0.1, 0.15) is 12.4 Å². The van der Waals surface area contributed by atoms with Gasteiger partial charge in [-0.25, -0.2) is 0 Å². The molecule has 0 amide bonds. The Labute approximate surface area is 154 Å². The minimum atomic E-state index is -0.0774. The summed E-state index contributed by atoms with van der Waals surface area (Å²) in [5.74, 6) is 0.518. The van der Waals surface area contributed by atoms with Crippen molar-refractivity contribution in [2.24, 2.45) is 0 Å². The van der Waals surface area contributed by atoms with Gasteiger partial charge in [0, 0.05) is 0 Å². The Morgan fingerprint density at radius 2 is 1.42 bits per heavy atom. The molecular formula is C24H20O2. The van der Waals surface area contributed by atoms with E-state index in [0.29, 0.717) is 17.9 Å². The first-order chi connectivity index (χ1) is 12.8. The fourth-order valence-electron chi connectivity index (χ4n) is 2.49. The number of carbonyl (C=O) groups is 1.